The van der Waals surface area contributed by atoms with Gasteiger partial charge >= 0.3 is 0 Å². The van der Waals surface area contributed by atoms with Crippen LogP contribution in [0, 0.1) is 0 Å². The highest BCUT2D eigenvalue weighted by Crippen LogP contribution is 2.33. The molecule has 4 rings (SSSR count). The normalized spacial score (nSPS) is 15.0. The highest BCUT2D eigenvalue weighted by molar-refractivity contribution is 6.31. The van der Waals surface area contributed by atoms with Crippen molar-refractivity contribution in [3.8, 4) is 5.75 Å². The third-order valence-electron chi connectivity index (χ3n) is 5.13. The lowest BCUT2D eigenvalue weighted by Gasteiger charge is -2.21. The van der Waals surface area contributed by atoms with Gasteiger partial charge in [0.25, 0.3) is 5.91 Å². The number of hydrogen-bond donors (Lipinski definition) is 1. The molecule has 0 saturated heterocycles. The molecule has 1 amide bonds. The fraction of sp³-hybridized carbons (Fsp3) is 0.333. The molecule has 1 heterocycles. The molecule has 140 valence electrons. The number of nitrogens with one attached hydrogen (secondary N) is 1. The van der Waals surface area contributed by atoms with Crippen LogP contribution < -0.4 is 10.1 Å². The summed E-state index contributed by atoms with van der Waals surface area (Å²) in [6, 6.07) is 11.1. The van der Waals surface area contributed by atoms with Crippen LogP contribution >= 0.6 is 11.6 Å². The van der Waals surface area contributed by atoms with Crippen LogP contribution in [0.5, 0.6) is 5.75 Å². The van der Waals surface area contributed by atoms with Crippen molar-refractivity contribution >= 4 is 34.1 Å². The van der Waals surface area contributed by atoms with Crippen molar-refractivity contribution < 1.29 is 9.53 Å². The van der Waals surface area contributed by atoms with Crippen LogP contribution in [0.25, 0.3) is 10.9 Å². The van der Waals surface area contributed by atoms with Crippen LogP contribution in [-0.4, -0.2) is 22.8 Å². The summed E-state index contributed by atoms with van der Waals surface area (Å²) < 4.78 is 7.55. The maximum atomic E-state index is 12.6. The number of carbonyl (C=O) groups is 1. The summed E-state index contributed by atoms with van der Waals surface area (Å²) in [5.74, 6) is 0.363. The van der Waals surface area contributed by atoms with E-state index in [9.17, 15) is 4.79 Å². The van der Waals surface area contributed by atoms with E-state index in [4.69, 9.17) is 21.4 Å². The number of rotatable bonds is 4. The molecular formula is C21H22ClN3O2. The van der Waals surface area contributed by atoms with Crippen molar-refractivity contribution in [1.29, 1.82) is 0 Å². The van der Waals surface area contributed by atoms with Crippen LogP contribution in [0.4, 0.5) is 5.69 Å². The molecule has 0 spiro atoms. The number of benzene rings is 2. The SMILES string of the molecule is COc1cc2nn(C3CCCCC3)cc2cc1NC(=O)c1cccc(Cl)c1. The first-order chi connectivity index (χ1) is 13.1. The van der Waals surface area contributed by atoms with Gasteiger partial charge in [-0.15, -0.1) is 0 Å². The molecule has 5 nitrogen and oxygen atoms in total. The van der Waals surface area contributed by atoms with Gasteiger partial charge in [0.15, 0.2) is 0 Å². The Morgan fingerprint density at radius 2 is 2.04 bits per heavy atom. The maximum Gasteiger partial charge on any atom is 0.255 e. The van der Waals surface area contributed by atoms with E-state index < -0.39 is 0 Å². The Bertz CT molecular complexity index is 977. The zero-order chi connectivity index (χ0) is 18.8. The van der Waals surface area contributed by atoms with Crippen molar-refractivity contribution in [3.63, 3.8) is 0 Å². The molecule has 1 aliphatic rings. The Kier molecular flexibility index (Phi) is 5.03. The van der Waals surface area contributed by atoms with Gasteiger partial charge in [-0.1, -0.05) is 36.9 Å². The number of anilines is 1. The van der Waals surface area contributed by atoms with Gasteiger partial charge in [0.2, 0.25) is 0 Å². The average molecular weight is 384 g/mol. The monoisotopic (exact) mass is 383 g/mol. The summed E-state index contributed by atoms with van der Waals surface area (Å²) >= 11 is 5.99. The first-order valence-electron chi connectivity index (χ1n) is 9.28. The van der Waals surface area contributed by atoms with E-state index >= 15 is 0 Å². The molecule has 0 radical (unpaired) electrons. The molecule has 27 heavy (non-hydrogen) atoms. The van der Waals surface area contributed by atoms with Crippen LogP contribution in [0.2, 0.25) is 5.02 Å². The van der Waals surface area contributed by atoms with Gasteiger partial charge in [0.1, 0.15) is 5.75 Å². The summed E-state index contributed by atoms with van der Waals surface area (Å²) in [4.78, 5) is 12.6. The molecule has 0 unspecified atom stereocenters. The molecule has 1 N–H and O–H groups in total. The van der Waals surface area contributed by atoms with Crippen LogP contribution in [0.1, 0.15) is 48.5 Å². The fourth-order valence-corrected chi connectivity index (χ4v) is 3.89. The van der Waals surface area contributed by atoms with Crippen LogP contribution in [-0.2, 0) is 0 Å². The molecule has 0 aliphatic heterocycles. The lowest BCUT2D eigenvalue weighted by molar-refractivity contribution is 0.102. The standard InChI is InChI=1S/C21H22ClN3O2/c1-27-20-12-18-15(13-25(24-18)17-8-3-2-4-9-17)11-19(20)23-21(26)14-6-5-7-16(22)10-14/h5-7,10-13,17H,2-4,8-9H2,1H3,(H,23,26). The van der Waals surface area contributed by atoms with Gasteiger partial charge in [-0.05, 0) is 37.1 Å². The van der Waals surface area contributed by atoms with Gasteiger partial charge in [-0.3, -0.25) is 9.48 Å². The molecular weight excluding hydrogens is 362 g/mol. The lowest BCUT2D eigenvalue weighted by Crippen LogP contribution is -2.12. The first-order valence-corrected chi connectivity index (χ1v) is 9.65. The van der Waals surface area contributed by atoms with Gasteiger partial charge in [-0.25, -0.2) is 0 Å². The summed E-state index contributed by atoms with van der Waals surface area (Å²) in [5.41, 5.74) is 2.00. The Morgan fingerprint density at radius 3 is 2.78 bits per heavy atom. The Hall–Kier alpha value is -2.53. The Morgan fingerprint density at radius 1 is 1.22 bits per heavy atom. The number of amides is 1. The van der Waals surface area contributed by atoms with E-state index in [2.05, 4.69) is 16.2 Å². The highest BCUT2D eigenvalue weighted by atomic mass is 35.5. The molecule has 2 aromatic carbocycles. The number of ether oxygens (including phenoxy) is 1. The number of nitrogens with zero attached hydrogens (tertiary/aromatic N) is 2. The van der Waals surface area contributed by atoms with E-state index in [-0.39, 0.29) is 5.91 Å². The Balaban J connectivity index is 1.64. The molecule has 1 saturated carbocycles. The van der Waals surface area contributed by atoms with Gasteiger partial charge in [-0.2, -0.15) is 5.10 Å². The number of hydrogen-bond acceptors (Lipinski definition) is 3. The molecule has 0 atom stereocenters. The minimum absolute atomic E-state index is 0.227. The van der Waals surface area contributed by atoms with E-state index in [1.54, 1.807) is 31.4 Å². The van der Waals surface area contributed by atoms with Gasteiger partial charge in [0, 0.05) is 28.2 Å². The number of halogens is 1. The molecule has 1 fully saturated rings. The second-order valence-corrected chi connectivity index (χ2v) is 7.41. The zero-order valence-electron chi connectivity index (χ0n) is 15.2. The second kappa shape index (κ2) is 7.61. The van der Waals surface area contributed by atoms with E-state index in [0.717, 1.165) is 10.9 Å². The number of methoxy groups -OCH3 is 1. The van der Waals surface area contributed by atoms with Crippen molar-refractivity contribution in [2.24, 2.45) is 0 Å². The Labute approximate surface area is 163 Å². The smallest absolute Gasteiger partial charge is 0.255 e. The lowest BCUT2D eigenvalue weighted by atomic mass is 9.96. The van der Waals surface area contributed by atoms with Crippen molar-refractivity contribution in [3.05, 3.63) is 53.2 Å². The number of carbonyl (C=O) groups excluding carboxylic acids is 1. The van der Waals surface area contributed by atoms with Crippen molar-refractivity contribution in [1.82, 2.24) is 9.78 Å². The second-order valence-electron chi connectivity index (χ2n) is 6.98. The van der Waals surface area contributed by atoms with Crippen LogP contribution in [0.3, 0.4) is 0 Å². The maximum absolute atomic E-state index is 12.6. The van der Waals surface area contributed by atoms with E-state index in [1.807, 2.05) is 12.1 Å². The minimum Gasteiger partial charge on any atom is -0.494 e. The topological polar surface area (TPSA) is 56.1 Å². The molecule has 6 heteroatoms. The number of fused-ring (bicyclic) bond motifs is 1. The minimum atomic E-state index is -0.227. The van der Waals surface area contributed by atoms with Gasteiger partial charge < -0.3 is 10.1 Å². The van der Waals surface area contributed by atoms with Crippen LogP contribution in [0.15, 0.2) is 42.6 Å². The van der Waals surface area contributed by atoms with Crippen molar-refractivity contribution in [2.75, 3.05) is 12.4 Å². The first kappa shape index (κ1) is 17.9. The summed E-state index contributed by atoms with van der Waals surface area (Å²) in [6.07, 6.45) is 8.23. The summed E-state index contributed by atoms with van der Waals surface area (Å²) in [7, 11) is 1.59. The molecule has 0 bridgehead atoms. The summed E-state index contributed by atoms with van der Waals surface area (Å²) in [5, 5.41) is 9.18. The van der Waals surface area contributed by atoms with E-state index in [1.165, 1.54) is 32.1 Å². The van der Waals surface area contributed by atoms with Gasteiger partial charge in [0.05, 0.1) is 24.4 Å². The van der Waals surface area contributed by atoms with E-state index in [0.29, 0.717) is 28.1 Å². The summed E-state index contributed by atoms with van der Waals surface area (Å²) in [6.45, 7) is 0. The molecule has 1 aromatic heterocycles. The predicted octanol–water partition coefficient (Wildman–Crippen LogP) is 5.46. The third-order valence-corrected chi connectivity index (χ3v) is 5.36. The predicted molar refractivity (Wildman–Crippen MR) is 108 cm³/mol. The highest BCUT2D eigenvalue weighted by Gasteiger charge is 2.18. The molecule has 3 aromatic rings. The largest absolute Gasteiger partial charge is 0.494 e. The zero-order valence-corrected chi connectivity index (χ0v) is 16.0. The third kappa shape index (κ3) is 3.78. The average Bonchev–Trinajstić information content (AvgIpc) is 3.11. The quantitative estimate of drug-likeness (QED) is 0.651. The fourth-order valence-electron chi connectivity index (χ4n) is 3.70. The molecule has 1 aliphatic carbocycles. The van der Waals surface area contributed by atoms with Crippen molar-refractivity contribution in [2.45, 2.75) is 38.1 Å². The number of aromatic nitrogens is 2.